The Morgan fingerprint density at radius 1 is 1.19 bits per heavy atom. The molecule has 1 aromatic carbocycles. The number of hydrogen-bond acceptors (Lipinski definition) is 6. The number of aromatic nitrogens is 3. The van der Waals surface area contributed by atoms with Crippen molar-refractivity contribution in [3.63, 3.8) is 0 Å². The maximum Gasteiger partial charge on any atom is 0.425 e. The lowest BCUT2D eigenvalue weighted by Gasteiger charge is -2.27. The number of thiophene rings is 1. The fourth-order valence-corrected chi connectivity index (χ4v) is 4.37. The lowest BCUT2D eigenvalue weighted by atomic mass is 9.95. The van der Waals surface area contributed by atoms with Gasteiger partial charge in [0.05, 0.1) is 13.2 Å². The molecule has 0 atom stereocenters. The molecule has 168 valence electrons. The summed E-state index contributed by atoms with van der Waals surface area (Å²) in [6.07, 6.45) is -0.642. The Morgan fingerprint density at radius 3 is 2.62 bits per heavy atom. The summed E-state index contributed by atoms with van der Waals surface area (Å²) in [4.78, 5) is 22.0. The molecule has 1 aliphatic rings. The summed E-state index contributed by atoms with van der Waals surface area (Å²) in [5.74, 6) is -0.188. The van der Waals surface area contributed by atoms with E-state index in [1.165, 1.54) is 24.5 Å². The molecule has 0 unspecified atom stereocenters. The molecule has 11 heteroatoms. The highest BCUT2D eigenvalue weighted by Gasteiger charge is 2.32. The van der Waals surface area contributed by atoms with E-state index in [4.69, 9.17) is 0 Å². The number of halogens is 4. The van der Waals surface area contributed by atoms with Crippen molar-refractivity contribution < 1.29 is 22.7 Å². The normalized spacial score (nSPS) is 14.5. The number of anilines is 1. The quantitative estimate of drug-likeness (QED) is 0.581. The van der Waals surface area contributed by atoms with Gasteiger partial charge in [-0.15, -0.1) is 11.3 Å². The molecule has 0 saturated carbocycles. The summed E-state index contributed by atoms with van der Waals surface area (Å²) < 4.78 is 52.8. The van der Waals surface area contributed by atoms with Crippen LogP contribution in [0.1, 0.15) is 27.3 Å². The van der Waals surface area contributed by atoms with Crippen LogP contribution in [-0.4, -0.2) is 32.7 Å². The minimum Gasteiger partial charge on any atom is -0.392 e. The topological polar surface area (TPSA) is 71.2 Å². The van der Waals surface area contributed by atoms with Crippen LogP contribution in [0.25, 0.3) is 5.57 Å². The Balaban J connectivity index is 1.47. The molecule has 3 heterocycles. The molecule has 0 amide bonds. The molecule has 2 aromatic heterocycles. The van der Waals surface area contributed by atoms with Crippen LogP contribution in [0.3, 0.4) is 0 Å². The number of nitrogens with zero attached hydrogens (tertiary/aromatic N) is 4. The highest BCUT2D eigenvalue weighted by Crippen LogP contribution is 2.34. The number of hydrogen-bond donors (Lipinski definition) is 1. The van der Waals surface area contributed by atoms with E-state index in [9.17, 15) is 27.5 Å². The third-order valence-corrected chi connectivity index (χ3v) is 6.21. The average Bonchev–Trinajstić information content (AvgIpc) is 3.24. The zero-order valence-electron chi connectivity index (χ0n) is 16.6. The Morgan fingerprint density at radius 2 is 2.00 bits per heavy atom. The van der Waals surface area contributed by atoms with Crippen LogP contribution in [0, 0.1) is 5.82 Å². The van der Waals surface area contributed by atoms with Crippen LogP contribution in [0.4, 0.5) is 23.5 Å². The van der Waals surface area contributed by atoms with Crippen LogP contribution < -0.4 is 10.6 Å². The smallest absolute Gasteiger partial charge is 0.392 e. The van der Waals surface area contributed by atoms with Crippen molar-refractivity contribution in [2.24, 2.45) is 0 Å². The first-order valence-corrected chi connectivity index (χ1v) is 10.5. The first-order valence-electron chi connectivity index (χ1n) is 9.67. The minimum absolute atomic E-state index is 0.0432. The largest absolute Gasteiger partial charge is 0.425 e. The van der Waals surface area contributed by atoms with Crippen molar-refractivity contribution in [1.29, 1.82) is 0 Å². The third kappa shape index (κ3) is 4.73. The Labute approximate surface area is 184 Å². The van der Waals surface area contributed by atoms with Gasteiger partial charge in [0.25, 0.3) is 0 Å². The average molecular weight is 466 g/mol. The molecule has 0 spiro atoms. The Hall–Kier alpha value is -3.05. The predicted octanol–water partition coefficient (Wildman–Crippen LogP) is 3.69. The highest BCUT2D eigenvalue weighted by molar-refractivity contribution is 7.12. The lowest BCUT2D eigenvalue weighted by molar-refractivity contribution is -0.134. The molecule has 0 fully saturated rings. The fraction of sp³-hybridized carbons (Fsp3) is 0.286. The van der Waals surface area contributed by atoms with Crippen molar-refractivity contribution in [2.75, 3.05) is 18.0 Å². The van der Waals surface area contributed by atoms with Gasteiger partial charge >= 0.3 is 11.9 Å². The molecule has 3 aromatic rings. The maximum absolute atomic E-state index is 13.4. The minimum atomic E-state index is -4.42. The van der Waals surface area contributed by atoms with Gasteiger partial charge in [-0.1, -0.05) is 12.1 Å². The van der Waals surface area contributed by atoms with Gasteiger partial charge in [0.15, 0.2) is 0 Å². The first-order chi connectivity index (χ1) is 15.2. The van der Waals surface area contributed by atoms with E-state index >= 15 is 0 Å². The summed E-state index contributed by atoms with van der Waals surface area (Å²) >= 11 is 0.578. The van der Waals surface area contributed by atoms with E-state index < -0.39 is 22.6 Å². The number of aliphatic hydroxyl groups is 1. The summed E-state index contributed by atoms with van der Waals surface area (Å²) in [6, 6.07) is 6.60. The van der Waals surface area contributed by atoms with Gasteiger partial charge < -0.3 is 10.0 Å². The second-order valence-corrected chi connectivity index (χ2v) is 8.38. The SMILES string of the molecule is O=c1nc(N2CC=C(c3ccc(F)cc3CO)CC2)ncn1Cc1ccc(C(F)(F)F)s1. The molecular formula is C21H18F4N4O2S. The summed E-state index contributed by atoms with van der Waals surface area (Å²) in [5.41, 5.74) is 1.63. The molecule has 0 aliphatic carbocycles. The molecule has 1 N–H and O–H groups in total. The number of rotatable bonds is 5. The number of benzene rings is 1. The van der Waals surface area contributed by atoms with E-state index in [2.05, 4.69) is 9.97 Å². The van der Waals surface area contributed by atoms with Crippen molar-refractivity contribution in [3.05, 3.63) is 79.9 Å². The zero-order chi connectivity index (χ0) is 22.9. The molecule has 6 nitrogen and oxygen atoms in total. The molecule has 4 rings (SSSR count). The summed E-state index contributed by atoms with van der Waals surface area (Å²) in [5, 5.41) is 9.49. The van der Waals surface area contributed by atoms with E-state index in [0.717, 1.165) is 21.8 Å². The Kier molecular flexibility index (Phi) is 6.11. The van der Waals surface area contributed by atoms with E-state index in [1.54, 1.807) is 11.0 Å². The molecule has 1 aliphatic heterocycles. The molecular weight excluding hydrogens is 448 g/mol. The van der Waals surface area contributed by atoms with Crippen molar-refractivity contribution in [2.45, 2.75) is 25.7 Å². The van der Waals surface area contributed by atoms with Gasteiger partial charge in [-0.05, 0) is 47.4 Å². The summed E-state index contributed by atoms with van der Waals surface area (Å²) in [7, 11) is 0. The van der Waals surface area contributed by atoms with Gasteiger partial charge in [-0.3, -0.25) is 4.57 Å². The lowest BCUT2D eigenvalue weighted by Crippen LogP contribution is -2.34. The van der Waals surface area contributed by atoms with Gasteiger partial charge in [-0.2, -0.15) is 18.2 Å². The second kappa shape index (κ2) is 8.83. The van der Waals surface area contributed by atoms with Crippen LogP contribution >= 0.6 is 11.3 Å². The maximum atomic E-state index is 13.4. The van der Waals surface area contributed by atoms with Crippen molar-refractivity contribution in [3.8, 4) is 0 Å². The van der Waals surface area contributed by atoms with Crippen molar-refractivity contribution in [1.82, 2.24) is 14.5 Å². The van der Waals surface area contributed by atoms with Gasteiger partial charge in [-0.25, -0.2) is 14.2 Å². The first kappa shape index (κ1) is 22.2. The zero-order valence-corrected chi connectivity index (χ0v) is 17.5. The van der Waals surface area contributed by atoms with E-state index in [-0.39, 0.29) is 19.1 Å². The van der Waals surface area contributed by atoms with E-state index in [0.29, 0.717) is 41.3 Å². The monoisotopic (exact) mass is 466 g/mol. The van der Waals surface area contributed by atoms with E-state index in [1.807, 2.05) is 6.08 Å². The molecule has 0 bridgehead atoms. The molecule has 0 radical (unpaired) electrons. The van der Waals surface area contributed by atoms with Gasteiger partial charge in [0.2, 0.25) is 5.95 Å². The van der Waals surface area contributed by atoms with Crippen LogP contribution in [0.2, 0.25) is 0 Å². The molecule has 32 heavy (non-hydrogen) atoms. The number of aliphatic hydroxyl groups excluding tert-OH is 1. The Bertz CT molecular complexity index is 1220. The fourth-order valence-electron chi connectivity index (χ4n) is 3.50. The number of alkyl halides is 3. The van der Waals surface area contributed by atoms with Crippen LogP contribution in [0.15, 0.2) is 47.5 Å². The second-order valence-electron chi connectivity index (χ2n) is 7.22. The van der Waals surface area contributed by atoms with Crippen LogP contribution in [-0.2, 0) is 19.3 Å². The van der Waals surface area contributed by atoms with Gasteiger partial charge in [0, 0.05) is 18.0 Å². The third-order valence-electron chi connectivity index (χ3n) is 5.10. The molecule has 0 saturated heterocycles. The standard InChI is InChI=1S/C21H18F4N4O2S/c22-15-1-3-17(14(9-15)11-30)13-5-7-28(8-6-13)19-26-12-29(20(31)27-19)10-16-2-4-18(32-16)21(23,24)25/h1-5,9,12,30H,6-8,10-11H2. The van der Waals surface area contributed by atoms with Crippen molar-refractivity contribution >= 4 is 22.9 Å². The summed E-state index contributed by atoms with van der Waals surface area (Å²) in [6.45, 7) is 0.612. The highest BCUT2D eigenvalue weighted by atomic mass is 32.1. The predicted molar refractivity (Wildman–Crippen MR) is 112 cm³/mol. The van der Waals surface area contributed by atoms with Gasteiger partial charge in [0.1, 0.15) is 17.0 Å². The van der Waals surface area contributed by atoms with Crippen LogP contribution in [0.5, 0.6) is 0 Å².